The Morgan fingerprint density at radius 3 is 2.68 bits per heavy atom. The quantitative estimate of drug-likeness (QED) is 0.692. The third-order valence-corrected chi connectivity index (χ3v) is 4.92. The van der Waals surface area contributed by atoms with E-state index in [1.54, 1.807) is 6.20 Å². The Balaban J connectivity index is 1.41. The van der Waals surface area contributed by atoms with Gasteiger partial charge in [0, 0.05) is 17.4 Å². The monoisotopic (exact) mass is 366 g/mol. The van der Waals surface area contributed by atoms with Crippen molar-refractivity contribution in [3.63, 3.8) is 0 Å². The van der Waals surface area contributed by atoms with E-state index in [2.05, 4.69) is 40.3 Å². The van der Waals surface area contributed by atoms with Crippen LogP contribution in [0.1, 0.15) is 40.8 Å². The Hall–Kier alpha value is -3.38. The average Bonchev–Trinajstić information content (AvgIpc) is 2.73. The van der Waals surface area contributed by atoms with E-state index >= 15 is 0 Å². The lowest BCUT2D eigenvalue weighted by atomic mass is 9.90. The van der Waals surface area contributed by atoms with Crippen LogP contribution in [0, 0.1) is 11.8 Å². The van der Waals surface area contributed by atoms with Gasteiger partial charge in [-0.2, -0.15) is 0 Å². The van der Waals surface area contributed by atoms with E-state index in [0.29, 0.717) is 6.42 Å². The molecule has 1 N–H and O–H groups in total. The number of carbonyl (C=O) groups is 1. The van der Waals surface area contributed by atoms with E-state index in [1.165, 1.54) is 24.0 Å². The summed E-state index contributed by atoms with van der Waals surface area (Å²) in [5.41, 5.74) is 6.25. The van der Waals surface area contributed by atoms with E-state index < -0.39 is 0 Å². The number of carbonyl (C=O) groups excluding carboxylic acids is 1. The zero-order valence-corrected chi connectivity index (χ0v) is 15.7. The van der Waals surface area contributed by atoms with E-state index in [1.807, 2.05) is 42.5 Å². The molecule has 0 unspecified atom stereocenters. The van der Waals surface area contributed by atoms with Crippen LogP contribution in [0.15, 0.2) is 66.9 Å². The van der Waals surface area contributed by atoms with Gasteiger partial charge in [0.2, 0.25) is 5.91 Å². The molecule has 1 aromatic heterocycles. The van der Waals surface area contributed by atoms with Crippen LogP contribution in [-0.2, 0) is 24.1 Å². The standard InChI is InChI=1S/C25H22N2O/c28-25(18-20-11-13-21-7-1-2-8-22(21)16-20)27-24-10-5-6-19(17-24)12-14-23-9-3-4-15-26-23/h3-6,9-11,13,15-17H,1-2,7-8,18H2,(H,27,28). The summed E-state index contributed by atoms with van der Waals surface area (Å²) in [6, 6.07) is 19.7. The molecule has 1 aliphatic rings. The topological polar surface area (TPSA) is 42.0 Å². The van der Waals surface area contributed by atoms with Crippen LogP contribution < -0.4 is 5.32 Å². The Morgan fingerprint density at radius 1 is 0.929 bits per heavy atom. The second kappa shape index (κ2) is 8.54. The molecule has 3 aromatic rings. The molecule has 138 valence electrons. The van der Waals surface area contributed by atoms with Crippen LogP contribution in [0.25, 0.3) is 0 Å². The maximum atomic E-state index is 12.5. The van der Waals surface area contributed by atoms with Crippen LogP contribution in [0.5, 0.6) is 0 Å². The summed E-state index contributed by atoms with van der Waals surface area (Å²) in [6.07, 6.45) is 6.91. The molecule has 1 heterocycles. The molecule has 1 aliphatic carbocycles. The number of hydrogen-bond donors (Lipinski definition) is 1. The average molecular weight is 366 g/mol. The smallest absolute Gasteiger partial charge is 0.228 e. The predicted molar refractivity (Wildman–Crippen MR) is 112 cm³/mol. The first-order chi connectivity index (χ1) is 13.8. The highest BCUT2D eigenvalue weighted by molar-refractivity contribution is 5.92. The van der Waals surface area contributed by atoms with Crippen molar-refractivity contribution in [3.8, 4) is 11.8 Å². The number of fused-ring (bicyclic) bond motifs is 1. The van der Waals surface area contributed by atoms with E-state index in [-0.39, 0.29) is 5.91 Å². The molecule has 0 spiro atoms. The molecule has 0 saturated carbocycles. The van der Waals surface area contributed by atoms with Gasteiger partial charge in [-0.1, -0.05) is 36.3 Å². The summed E-state index contributed by atoms with van der Waals surface area (Å²) in [6.45, 7) is 0. The summed E-state index contributed by atoms with van der Waals surface area (Å²) in [5, 5.41) is 2.99. The van der Waals surface area contributed by atoms with Crippen molar-refractivity contribution in [2.24, 2.45) is 0 Å². The van der Waals surface area contributed by atoms with Crippen molar-refractivity contribution >= 4 is 11.6 Å². The van der Waals surface area contributed by atoms with Gasteiger partial charge in [-0.25, -0.2) is 4.98 Å². The van der Waals surface area contributed by atoms with Crippen molar-refractivity contribution in [1.29, 1.82) is 0 Å². The molecular formula is C25H22N2O. The van der Waals surface area contributed by atoms with Crippen molar-refractivity contribution in [2.75, 3.05) is 5.32 Å². The summed E-state index contributed by atoms with van der Waals surface area (Å²) in [5.74, 6) is 6.12. The third-order valence-electron chi connectivity index (χ3n) is 4.92. The maximum absolute atomic E-state index is 12.5. The Labute approximate surface area is 165 Å². The molecule has 0 aliphatic heterocycles. The molecule has 3 heteroatoms. The van der Waals surface area contributed by atoms with Gasteiger partial charge in [-0.15, -0.1) is 0 Å². The first-order valence-electron chi connectivity index (χ1n) is 9.70. The zero-order valence-electron chi connectivity index (χ0n) is 15.7. The first-order valence-corrected chi connectivity index (χ1v) is 9.70. The van der Waals surface area contributed by atoms with Gasteiger partial charge >= 0.3 is 0 Å². The lowest BCUT2D eigenvalue weighted by molar-refractivity contribution is -0.115. The number of aryl methyl sites for hydroxylation is 2. The molecule has 1 amide bonds. The maximum Gasteiger partial charge on any atom is 0.228 e. The molecule has 2 aromatic carbocycles. The molecule has 0 atom stereocenters. The second-order valence-corrected chi connectivity index (χ2v) is 7.08. The minimum absolute atomic E-state index is 0.00871. The van der Waals surface area contributed by atoms with Crippen LogP contribution >= 0.6 is 0 Å². The van der Waals surface area contributed by atoms with Crippen molar-refractivity contribution in [2.45, 2.75) is 32.1 Å². The molecule has 0 bridgehead atoms. The van der Waals surface area contributed by atoms with Crippen LogP contribution in [0.3, 0.4) is 0 Å². The number of rotatable bonds is 3. The number of nitrogens with zero attached hydrogens (tertiary/aromatic N) is 1. The van der Waals surface area contributed by atoms with E-state index in [4.69, 9.17) is 0 Å². The minimum atomic E-state index is -0.00871. The zero-order chi connectivity index (χ0) is 19.2. The predicted octanol–water partition coefficient (Wildman–Crippen LogP) is 4.54. The number of aromatic nitrogens is 1. The fourth-order valence-corrected chi connectivity index (χ4v) is 3.53. The lowest BCUT2D eigenvalue weighted by Crippen LogP contribution is -2.15. The highest BCUT2D eigenvalue weighted by atomic mass is 16.1. The van der Waals surface area contributed by atoms with Gasteiger partial charge in [0.1, 0.15) is 5.69 Å². The molecule has 0 fully saturated rings. The SMILES string of the molecule is O=C(Cc1ccc2c(c1)CCCC2)Nc1cccc(C#Cc2ccccn2)c1. The van der Waals surface area contributed by atoms with Crippen molar-refractivity contribution in [3.05, 3.63) is 94.8 Å². The highest BCUT2D eigenvalue weighted by Gasteiger charge is 2.11. The minimum Gasteiger partial charge on any atom is -0.326 e. The van der Waals surface area contributed by atoms with Gasteiger partial charge < -0.3 is 5.32 Å². The highest BCUT2D eigenvalue weighted by Crippen LogP contribution is 2.22. The van der Waals surface area contributed by atoms with Gasteiger partial charge in [0.25, 0.3) is 0 Å². The Kier molecular flexibility index (Phi) is 5.49. The van der Waals surface area contributed by atoms with Gasteiger partial charge in [-0.3, -0.25) is 4.79 Å². The number of hydrogen-bond acceptors (Lipinski definition) is 2. The summed E-state index contributed by atoms with van der Waals surface area (Å²) < 4.78 is 0. The Morgan fingerprint density at radius 2 is 1.82 bits per heavy atom. The molecule has 4 rings (SSSR count). The number of amides is 1. The van der Waals surface area contributed by atoms with Crippen LogP contribution in [0.2, 0.25) is 0 Å². The second-order valence-electron chi connectivity index (χ2n) is 7.08. The molecule has 28 heavy (non-hydrogen) atoms. The fraction of sp³-hybridized carbons (Fsp3) is 0.200. The van der Waals surface area contributed by atoms with Gasteiger partial charge in [0.05, 0.1) is 6.42 Å². The summed E-state index contributed by atoms with van der Waals surface area (Å²) in [4.78, 5) is 16.7. The molecule has 0 radical (unpaired) electrons. The van der Waals surface area contributed by atoms with Crippen molar-refractivity contribution < 1.29 is 4.79 Å². The molecular weight excluding hydrogens is 344 g/mol. The first kappa shape index (κ1) is 18.0. The summed E-state index contributed by atoms with van der Waals surface area (Å²) in [7, 11) is 0. The van der Waals surface area contributed by atoms with Gasteiger partial charge in [-0.05, 0) is 78.6 Å². The van der Waals surface area contributed by atoms with Crippen molar-refractivity contribution in [1.82, 2.24) is 4.98 Å². The van der Waals surface area contributed by atoms with Crippen LogP contribution in [-0.4, -0.2) is 10.9 Å². The largest absolute Gasteiger partial charge is 0.326 e. The number of pyridine rings is 1. The molecule has 3 nitrogen and oxygen atoms in total. The molecule has 0 saturated heterocycles. The number of nitrogens with one attached hydrogen (secondary N) is 1. The Bertz CT molecular complexity index is 1040. The summed E-state index contributed by atoms with van der Waals surface area (Å²) >= 11 is 0. The van der Waals surface area contributed by atoms with E-state index in [0.717, 1.165) is 35.3 Å². The third kappa shape index (κ3) is 4.66. The number of anilines is 1. The van der Waals surface area contributed by atoms with E-state index in [9.17, 15) is 4.79 Å². The normalized spacial score (nSPS) is 12.4. The number of benzene rings is 2. The lowest BCUT2D eigenvalue weighted by Gasteiger charge is -2.16. The van der Waals surface area contributed by atoms with Gasteiger partial charge in [0.15, 0.2) is 0 Å². The van der Waals surface area contributed by atoms with Crippen LogP contribution in [0.4, 0.5) is 5.69 Å². The fourth-order valence-electron chi connectivity index (χ4n) is 3.53.